The molecule has 2 fully saturated rings. The summed E-state index contributed by atoms with van der Waals surface area (Å²) < 4.78 is 30.1. The summed E-state index contributed by atoms with van der Waals surface area (Å²) in [6, 6.07) is 16.4. The van der Waals surface area contributed by atoms with Crippen LogP contribution >= 0.6 is 0 Å². The molecule has 1 aliphatic carbocycles. The summed E-state index contributed by atoms with van der Waals surface area (Å²) in [5.74, 6) is -2.69. The van der Waals surface area contributed by atoms with Gasteiger partial charge >= 0.3 is 0 Å². The van der Waals surface area contributed by atoms with Crippen molar-refractivity contribution < 1.29 is 27.6 Å². The zero-order valence-electron chi connectivity index (χ0n) is 28.9. The van der Waals surface area contributed by atoms with Crippen LogP contribution < -0.4 is 21.7 Å². The number of piperidine rings is 1. The number of nitrogens with zero attached hydrogens (tertiary/aromatic N) is 2. The van der Waals surface area contributed by atoms with E-state index in [1.165, 1.54) is 10.4 Å². The summed E-state index contributed by atoms with van der Waals surface area (Å²) in [5.41, 5.74) is 6.33. The number of fused-ring (bicyclic) bond motifs is 2. The molecule has 0 radical (unpaired) electrons. The summed E-state index contributed by atoms with van der Waals surface area (Å²) in [4.78, 5) is 57.1. The number of benzene rings is 2. The molecule has 4 amide bonds. The Morgan fingerprint density at radius 3 is 2.30 bits per heavy atom. The first-order chi connectivity index (χ1) is 23.7. The van der Waals surface area contributed by atoms with E-state index in [1.54, 1.807) is 18.2 Å². The molecule has 1 saturated heterocycles. The number of aromatic nitrogens is 1. The van der Waals surface area contributed by atoms with Crippen molar-refractivity contribution in [3.63, 3.8) is 0 Å². The normalized spacial score (nSPS) is 21.0. The van der Waals surface area contributed by atoms with Crippen LogP contribution in [-0.2, 0) is 30.8 Å². The molecule has 3 aromatic rings. The Balaban J connectivity index is 1.39. The Hall–Kier alpha value is -4.36. The van der Waals surface area contributed by atoms with Gasteiger partial charge in [0, 0.05) is 23.5 Å². The number of primary amides is 1. The maximum Gasteiger partial charge on any atom is 0.270 e. The van der Waals surface area contributed by atoms with Crippen molar-refractivity contribution in [1.82, 2.24) is 25.2 Å². The van der Waals surface area contributed by atoms with E-state index in [0.29, 0.717) is 11.9 Å². The topological polar surface area (TPSA) is 181 Å². The van der Waals surface area contributed by atoms with Gasteiger partial charge in [-0.05, 0) is 69.6 Å². The lowest BCUT2D eigenvalue weighted by Gasteiger charge is -2.45. The average molecular weight is 705 g/mol. The first-order valence-corrected chi connectivity index (χ1v) is 18.9. The zero-order chi connectivity index (χ0) is 36.1. The molecule has 0 bridgehead atoms. The first-order valence-electron chi connectivity index (χ1n) is 17.3. The maximum absolute atomic E-state index is 14.4. The largest absolute Gasteiger partial charge is 0.370 e. The molecule has 50 heavy (non-hydrogen) atoms. The lowest BCUT2D eigenvalue weighted by Crippen LogP contribution is -2.60. The number of carbonyl (C=O) groups excluding carboxylic acids is 4. The Morgan fingerprint density at radius 2 is 1.60 bits per heavy atom. The fourth-order valence-corrected chi connectivity index (χ4v) is 9.02. The van der Waals surface area contributed by atoms with Gasteiger partial charge in [0.2, 0.25) is 27.7 Å². The van der Waals surface area contributed by atoms with Crippen LogP contribution in [0.1, 0.15) is 75.3 Å². The van der Waals surface area contributed by atoms with Crippen LogP contribution in [0.3, 0.4) is 0 Å². The molecule has 0 unspecified atom stereocenters. The van der Waals surface area contributed by atoms with E-state index in [4.69, 9.17) is 5.73 Å². The van der Waals surface area contributed by atoms with Crippen LogP contribution in [-0.4, -0.2) is 77.3 Å². The fraction of sp³-hybridized carbons (Fsp3) is 0.486. The maximum atomic E-state index is 14.4. The summed E-state index contributed by atoms with van der Waals surface area (Å²) in [6.07, 6.45) is 4.02. The molecule has 5 rings (SSSR count). The number of amides is 4. The monoisotopic (exact) mass is 704 g/mol. The molecule has 5 atom stereocenters. The molecule has 0 spiro atoms. The van der Waals surface area contributed by atoms with Gasteiger partial charge < -0.3 is 21.7 Å². The van der Waals surface area contributed by atoms with E-state index >= 15 is 0 Å². The molecule has 1 saturated carbocycles. The van der Waals surface area contributed by atoms with Gasteiger partial charge in [-0.2, -0.15) is 4.31 Å². The lowest BCUT2D eigenvalue weighted by molar-refractivity contribution is -0.129. The average Bonchev–Trinajstić information content (AvgIpc) is 3.06. The van der Waals surface area contributed by atoms with Gasteiger partial charge in [-0.15, -0.1) is 0 Å². The smallest absolute Gasteiger partial charge is 0.270 e. The third-order valence-corrected chi connectivity index (χ3v) is 11.4. The van der Waals surface area contributed by atoms with Gasteiger partial charge in [0.05, 0.1) is 17.7 Å². The number of sulfonamides is 1. The predicted octanol–water partition coefficient (Wildman–Crippen LogP) is 3.06. The summed E-state index contributed by atoms with van der Waals surface area (Å²) >= 11 is 0. The molecule has 2 aliphatic rings. The third kappa shape index (κ3) is 9.66. The van der Waals surface area contributed by atoms with Gasteiger partial charge in [0.25, 0.3) is 5.91 Å². The van der Waals surface area contributed by atoms with Gasteiger partial charge in [-0.25, -0.2) is 13.4 Å². The van der Waals surface area contributed by atoms with Crippen molar-refractivity contribution >= 4 is 44.6 Å². The standard InChI is InChI=1S/C37H48N6O6S/c1-37(2,3)42-36(47)32-20-26-14-7-8-15-27(26)22-43(32)50(48,49)23-28(19-24-11-5-4-6-12-24)39-35(46)31(21-33(38)44)41-34(45)30-18-17-25-13-9-10-16-29(25)40-30/h4-6,9-13,16-18,26-28,31-32H,7-8,14-15,19-23H2,1-3H3,(H2,38,44)(H,39,46)(H,41,45)(H,42,47)/t26-,27+,28-,31-,32-/m0/s1. The number of hydrogen-bond donors (Lipinski definition) is 4. The molecule has 1 aromatic heterocycles. The molecule has 2 heterocycles. The molecular weight excluding hydrogens is 657 g/mol. The minimum atomic E-state index is -4.12. The van der Waals surface area contributed by atoms with Crippen LogP contribution in [0.25, 0.3) is 10.9 Å². The number of para-hydroxylation sites is 1. The molecular formula is C37H48N6O6S. The highest BCUT2D eigenvalue weighted by molar-refractivity contribution is 7.89. The van der Waals surface area contributed by atoms with Crippen molar-refractivity contribution in [1.29, 1.82) is 0 Å². The van der Waals surface area contributed by atoms with Crippen molar-refractivity contribution in [3.8, 4) is 0 Å². The summed E-state index contributed by atoms with van der Waals surface area (Å²) in [5, 5.41) is 9.18. The molecule has 13 heteroatoms. The molecule has 268 valence electrons. The number of carbonyl (C=O) groups is 4. The minimum absolute atomic E-state index is 0.0417. The van der Waals surface area contributed by atoms with Crippen LogP contribution in [0, 0.1) is 11.8 Å². The van der Waals surface area contributed by atoms with Gasteiger partial charge in [-0.3, -0.25) is 19.2 Å². The van der Waals surface area contributed by atoms with E-state index in [9.17, 15) is 27.6 Å². The summed E-state index contributed by atoms with van der Waals surface area (Å²) in [7, 11) is -4.12. The minimum Gasteiger partial charge on any atom is -0.370 e. The number of pyridine rings is 1. The number of nitrogens with two attached hydrogens (primary N) is 1. The third-order valence-electron chi connectivity index (χ3n) is 9.45. The quantitative estimate of drug-likeness (QED) is 0.224. The number of hydrogen-bond acceptors (Lipinski definition) is 7. The van der Waals surface area contributed by atoms with Gasteiger partial charge in [-0.1, -0.05) is 73.9 Å². The number of nitrogens with one attached hydrogen (secondary N) is 3. The van der Waals surface area contributed by atoms with E-state index < -0.39 is 63.6 Å². The van der Waals surface area contributed by atoms with Crippen LogP contribution in [0.2, 0.25) is 0 Å². The van der Waals surface area contributed by atoms with E-state index in [1.807, 2.05) is 63.2 Å². The Kier molecular flexibility index (Phi) is 11.6. The Morgan fingerprint density at radius 1 is 0.920 bits per heavy atom. The highest BCUT2D eigenvalue weighted by atomic mass is 32.2. The SMILES string of the molecule is CC(C)(C)NC(=O)[C@@H]1C[C@@H]2CCCC[C@@H]2CN1S(=O)(=O)C[C@H](Cc1ccccc1)NC(=O)[C@H](CC(N)=O)NC(=O)c1ccc2ccccc2n1. The van der Waals surface area contributed by atoms with Crippen molar-refractivity contribution in [2.24, 2.45) is 17.6 Å². The van der Waals surface area contributed by atoms with E-state index in [-0.39, 0.29) is 36.4 Å². The van der Waals surface area contributed by atoms with Crippen LogP contribution in [0.4, 0.5) is 0 Å². The van der Waals surface area contributed by atoms with Gasteiger partial charge in [0.15, 0.2) is 0 Å². The molecule has 12 nitrogen and oxygen atoms in total. The zero-order valence-corrected chi connectivity index (χ0v) is 29.7. The van der Waals surface area contributed by atoms with Gasteiger partial charge in [0.1, 0.15) is 17.8 Å². The highest BCUT2D eigenvalue weighted by Crippen LogP contribution is 2.40. The highest BCUT2D eigenvalue weighted by Gasteiger charge is 2.46. The van der Waals surface area contributed by atoms with Crippen molar-refractivity contribution in [2.75, 3.05) is 12.3 Å². The Bertz CT molecular complexity index is 1810. The van der Waals surface area contributed by atoms with Crippen LogP contribution in [0.5, 0.6) is 0 Å². The molecule has 1 aliphatic heterocycles. The second-order valence-corrected chi connectivity index (χ2v) is 16.6. The molecule has 5 N–H and O–H groups in total. The van der Waals surface area contributed by atoms with Crippen LogP contribution in [0.15, 0.2) is 66.7 Å². The predicted molar refractivity (Wildman–Crippen MR) is 191 cm³/mol. The second-order valence-electron chi connectivity index (χ2n) is 14.6. The lowest BCUT2D eigenvalue weighted by atomic mass is 9.73. The Labute approximate surface area is 294 Å². The summed E-state index contributed by atoms with van der Waals surface area (Å²) in [6.45, 7) is 5.82. The number of rotatable bonds is 12. The first kappa shape index (κ1) is 36.9. The molecule has 2 aromatic carbocycles. The second kappa shape index (κ2) is 15.7. The van der Waals surface area contributed by atoms with Crippen molar-refractivity contribution in [2.45, 2.75) is 89.4 Å². The fourth-order valence-electron chi connectivity index (χ4n) is 7.13. The van der Waals surface area contributed by atoms with E-state index in [0.717, 1.165) is 36.6 Å². The van der Waals surface area contributed by atoms with Crippen molar-refractivity contribution in [3.05, 3.63) is 78.0 Å². The van der Waals surface area contributed by atoms with E-state index in [2.05, 4.69) is 20.9 Å².